The second kappa shape index (κ2) is 9.92. The quantitative estimate of drug-likeness (QED) is 0.612. The van der Waals surface area contributed by atoms with Gasteiger partial charge in [0.1, 0.15) is 5.75 Å². The number of anilines is 1. The summed E-state index contributed by atoms with van der Waals surface area (Å²) in [6.45, 7) is 5.09. The monoisotopic (exact) mass is 377 g/mol. The highest BCUT2D eigenvalue weighted by atomic mass is 35.5. The summed E-state index contributed by atoms with van der Waals surface area (Å²) in [5.74, 6) is 1.44. The molecule has 0 aliphatic carbocycles. The molecule has 0 bridgehead atoms. The molecule has 0 radical (unpaired) electrons. The SMILES string of the molecule is CCCCOc1ccc(C(=O)Nc2cc(Cl)ccc2OC)cc1OCC. The van der Waals surface area contributed by atoms with Crippen molar-refractivity contribution in [2.75, 3.05) is 25.6 Å². The minimum Gasteiger partial charge on any atom is -0.495 e. The molecule has 0 spiro atoms. The lowest BCUT2D eigenvalue weighted by molar-refractivity contribution is 0.102. The van der Waals surface area contributed by atoms with Crippen LogP contribution in [0.5, 0.6) is 17.2 Å². The van der Waals surface area contributed by atoms with Gasteiger partial charge in [-0.3, -0.25) is 4.79 Å². The summed E-state index contributed by atoms with van der Waals surface area (Å²) in [4.78, 5) is 12.6. The second-order valence-corrected chi connectivity index (χ2v) is 6.03. The Morgan fingerprint density at radius 1 is 1.04 bits per heavy atom. The maximum Gasteiger partial charge on any atom is 0.255 e. The van der Waals surface area contributed by atoms with Crippen molar-refractivity contribution in [3.8, 4) is 17.2 Å². The van der Waals surface area contributed by atoms with E-state index < -0.39 is 0 Å². The maximum absolute atomic E-state index is 12.6. The van der Waals surface area contributed by atoms with Crippen molar-refractivity contribution in [2.24, 2.45) is 0 Å². The van der Waals surface area contributed by atoms with Crippen LogP contribution in [-0.2, 0) is 0 Å². The zero-order valence-electron chi connectivity index (χ0n) is 15.3. The molecule has 6 heteroatoms. The molecule has 2 aromatic carbocycles. The molecule has 0 fully saturated rings. The summed E-state index contributed by atoms with van der Waals surface area (Å²) < 4.78 is 16.6. The van der Waals surface area contributed by atoms with E-state index >= 15 is 0 Å². The molecule has 26 heavy (non-hydrogen) atoms. The third-order valence-corrected chi connectivity index (χ3v) is 3.91. The van der Waals surface area contributed by atoms with Crippen molar-refractivity contribution in [2.45, 2.75) is 26.7 Å². The van der Waals surface area contributed by atoms with Gasteiger partial charge >= 0.3 is 0 Å². The first-order valence-corrected chi connectivity index (χ1v) is 9.01. The largest absolute Gasteiger partial charge is 0.495 e. The number of amides is 1. The Labute approximate surface area is 159 Å². The van der Waals surface area contributed by atoms with E-state index in [1.807, 2.05) is 6.92 Å². The number of hydrogen-bond acceptors (Lipinski definition) is 4. The van der Waals surface area contributed by atoms with E-state index in [9.17, 15) is 4.79 Å². The van der Waals surface area contributed by atoms with Crippen LogP contribution in [0.3, 0.4) is 0 Å². The van der Waals surface area contributed by atoms with Gasteiger partial charge in [0.15, 0.2) is 11.5 Å². The first-order valence-electron chi connectivity index (χ1n) is 8.63. The van der Waals surface area contributed by atoms with E-state index in [1.165, 1.54) is 7.11 Å². The van der Waals surface area contributed by atoms with E-state index in [0.717, 1.165) is 12.8 Å². The number of methoxy groups -OCH3 is 1. The minimum absolute atomic E-state index is 0.286. The summed E-state index contributed by atoms with van der Waals surface area (Å²) >= 11 is 6.01. The molecule has 2 rings (SSSR count). The van der Waals surface area contributed by atoms with Gasteiger partial charge in [-0.15, -0.1) is 0 Å². The van der Waals surface area contributed by atoms with Crippen LogP contribution in [0.1, 0.15) is 37.0 Å². The summed E-state index contributed by atoms with van der Waals surface area (Å²) in [5.41, 5.74) is 0.963. The Morgan fingerprint density at radius 3 is 2.50 bits per heavy atom. The third-order valence-electron chi connectivity index (χ3n) is 3.67. The Balaban J connectivity index is 2.20. The average Bonchev–Trinajstić information content (AvgIpc) is 2.63. The highest BCUT2D eigenvalue weighted by Gasteiger charge is 2.14. The molecular weight excluding hydrogens is 354 g/mol. The molecule has 0 saturated heterocycles. The van der Waals surface area contributed by atoms with Gasteiger partial charge in [0.2, 0.25) is 0 Å². The average molecular weight is 378 g/mol. The smallest absolute Gasteiger partial charge is 0.255 e. The number of unbranched alkanes of at least 4 members (excludes halogenated alkanes) is 1. The lowest BCUT2D eigenvalue weighted by Crippen LogP contribution is -2.13. The lowest BCUT2D eigenvalue weighted by Gasteiger charge is -2.14. The molecule has 0 aliphatic heterocycles. The van der Waals surface area contributed by atoms with Gasteiger partial charge in [-0.1, -0.05) is 24.9 Å². The van der Waals surface area contributed by atoms with Crippen molar-refractivity contribution in [1.29, 1.82) is 0 Å². The van der Waals surface area contributed by atoms with Crippen LogP contribution < -0.4 is 19.5 Å². The summed E-state index contributed by atoms with van der Waals surface area (Å²) in [6.07, 6.45) is 2.01. The molecule has 0 saturated carbocycles. The maximum atomic E-state index is 12.6. The number of halogens is 1. The highest BCUT2D eigenvalue weighted by molar-refractivity contribution is 6.31. The van der Waals surface area contributed by atoms with Crippen LogP contribution in [-0.4, -0.2) is 26.2 Å². The number of ether oxygens (including phenoxy) is 3. The van der Waals surface area contributed by atoms with Crippen molar-refractivity contribution in [3.05, 3.63) is 47.0 Å². The zero-order chi connectivity index (χ0) is 18.9. The number of nitrogens with one attached hydrogen (secondary N) is 1. The van der Waals surface area contributed by atoms with Crippen LogP contribution in [0.2, 0.25) is 5.02 Å². The number of hydrogen-bond donors (Lipinski definition) is 1. The zero-order valence-corrected chi connectivity index (χ0v) is 16.1. The molecule has 0 atom stereocenters. The predicted octanol–water partition coefficient (Wildman–Crippen LogP) is 5.18. The van der Waals surface area contributed by atoms with Crippen molar-refractivity contribution >= 4 is 23.2 Å². The van der Waals surface area contributed by atoms with E-state index in [-0.39, 0.29) is 5.91 Å². The topological polar surface area (TPSA) is 56.8 Å². The minimum atomic E-state index is -0.286. The van der Waals surface area contributed by atoms with Crippen LogP contribution in [0.4, 0.5) is 5.69 Å². The van der Waals surface area contributed by atoms with E-state index in [1.54, 1.807) is 36.4 Å². The first-order chi connectivity index (χ1) is 12.6. The second-order valence-electron chi connectivity index (χ2n) is 5.60. The van der Waals surface area contributed by atoms with Gasteiger partial charge in [-0.25, -0.2) is 0 Å². The molecule has 0 aromatic heterocycles. The highest BCUT2D eigenvalue weighted by Crippen LogP contribution is 2.31. The number of carbonyl (C=O) groups is 1. The Kier molecular flexibility index (Phi) is 7.60. The van der Waals surface area contributed by atoms with Gasteiger partial charge in [-0.05, 0) is 49.7 Å². The summed E-state index contributed by atoms with van der Waals surface area (Å²) in [5, 5.41) is 3.32. The molecular formula is C20H24ClNO4. The molecule has 5 nitrogen and oxygen atoms in total. The fourth-order valence-electron chi connectivity index (χ4n) is 2.34. The Bertz CT molecular complexity index is 749. The van der Waals surface area contributed by atoms with Gasteiger partial charge in [0.25, 0.3) is 5.91 Å². The fourth-order valence-corrected chi connectivity index (χ4v) is 2.51. The van der Waals surface area contributed by atoms with Crippen molar-refractivity contribution in [3.63, 3.8) is 0 Å². The number of rotatable bonds is 9. The lowest BCUT2D eigenvalue weighted by atomic mass is 10.1. The molecule has 1 N–H and O–H groups in total. The predicted molar refractivity (Wildman–Crippen MR) is 104 cm³/mol. The van der Waals surface area contributed by atoms with E-state index in [0.29, 0.717) is 46.7 Å². The Hall–Kier alpha value is -2.40. The molecule has 0 heterocycles. The van der Waals surface area contributed by atoms with Crippen LogP contribution >= 0.6 is 11.6 Å². The van der Waals surface area contributed by atoms with Gasteiger partial charge in [0.05, 0.1) is 26.0 Å². The summed E-state index contributed by atoms with van der Waals surface area (Å²) in [6, 6.07) is 10.2. The molecule has 0 aliphatic rings. The third kappa shape index (κ3) is 5.30. The normalized spacial score (nSPS) is 10.3. The van der Waals surface area contributed by atoms with Crippen LogP contribution in [0.15, 0.2) is 36.4 Å². The Morgan fingerprint density at radius 2 is 1.81 bits per heavy atom. The molecule has 1 amide bonds. The summed E-state index contributed by atoms with van der Waals surface area (Å²) in [7, 11) is 1.54. The van der Waals surface area contributed by atoms with E-state index in [4.69, 9.17) is 25.8 Å². The van der Waals surface area contributed by atoms with Crippen LogP contribution in [0, 0.1) is 0 Å². The standard InChI is InChI=1S/C20H24ClNO4/c1-4-6-11-26-18-9-7-14(12-19(18)25-5-2)20(23)22-16-13-15(21)8-10-17(16)24-3/h7-10,12-13H,4-6,11H2,1-3H3,(H,22,23). The molecule has 0 unspecified atom stereocenters. The number of carbonyl (C=O) groups excluding carboxylic acids is 1. The molecule has 140 valence electrons. The number of benzene rings is 2. The van der Waals surface area contributed by atoms with Crippen molar-refractivity contribution < 1.29 is 19.0 Å². The van der Waals surface area contributed by atoms with Crippen molar-refractivity contribution in [1.82, 2.24) is 0 Å². The first kappa shape index (κ1) is 19.9. The molecule has 2 aromatic rings. The van der Waals surface area contributed by atoms with E-state index in [2.05, 4.69) is 12.2 Å². The van der Waals surface area contributed by atoms with Crippen LogP contribution in [0.25, 0.3) is 0 Å². The van der Waals surface area contributed by atoms with Gasteiger partial charge in [0, 0.05) is 10.6 Å². The van der Waals surface area contributed by atoms with Gasteiger partial charge in [-0.2, -0.15) is 0 Å². The fraction of sp³-hybridized carbons (Fsp3) is 0.350. The van der Waals surface area contributed by atoms with Gasteiger partial charge < -0.3 is 19.5 Å².